The lowest BCUT2D eigenvalue weighted by Crippen LogP contribution is -2.26. The Kier molecular flexibility index (Phi) is 12.1. The van der Waals surface area contributed by atoms with E-state index in [9.17, 15) is 36.9 Å². The number of amides is 1. The van der Waals surface area contributed by atoms with Gasteiger partial charge in [0.2, 0.25) is 19.7 Å². The molecule has 0 radical (unpaired) electrons. The Morgan fingerprint density at radius 1 is 0.578 bits per heavy atom. The molecule has 0 aromatic heterocycles. The van der Waals surface area contributed by atoms with Crippen LogP contribution in [0.25, 0.3) is 0 Å². The Bertz CT molecular complexity index is 3170. The topological polar surface area (TPSA) is 181 Å². The van der Waals surface area contributed by atoms with Crippen LogP contribution in [0.5, 0.6) is 0 Å². The van der Waals surface area contributed by atoms with E-state index < -0.39 is 31.4 Å². The molecule has 64 heavy (non-hydrogen) atoms. The van der Waals surface area contributed by atoms with Crippen molar-refractivity contribution >= 4 is 71.2 Å². The number of hydrogen-bond acceptors (Lipinski definition) is 11. The van der Waals surface area contributed by atoms with Crippen LogP contribution < -0.4 is 20.4 Å². The molecule has 1 heterocycles. The number of anilines is 7. The van der Waals surface area contributed by atoms with Crippen molar-refractivity contribution in [2.45, 2.75) is 32.4 Å². The fourth-order valence-electron chi connectivity index (χ4n) is 7.45. The Morgan fingerprint density at radius 2 is 1.08 bits per heavy atom. The average Bonchev–Trinajstić information content (AvgIpc) is 3.33. The first kappa shape index (κ1) is 42.6. The summed E-state index contributed by atoms with van der Waals surface area (Å²) in [5.41, 5.74) is 4.46. The van der Waals surface area contributed by atoms with Gasteiger partial charge in [-0.25, -0.2) is 16.8 Å². The van der Waals surface area contributed by atoms with Crippen LogP contribution in [0.3, 0.4) is 0 Å². The van der Waals surface area contributed by atoms with Crippen LogP contribution in [0, 0.1) is 22.7 Å². The number of para-hydroxylation sites is 1. The molecule has 7 aromatic rings. The second-order valence-corrected chi connectivity index (χ2v) is 18.6. The number of nitriles is 2. The zero-order chi connectivity index (χ0) is 44.8. The number of ketones is 1. The number of nitrogens with zero attached hydrogens (tertiary/aromatic N) is 4. The van der Waals surface area contributed by atoms with Crippen molar-refractivity contribution in [2.75, 3.05) is 33.5 Å². The van der Waals surface area contributed by atoms with E-state index in [2.05, 4.69) is 22.8 Å². The van der Waals surface area contributed by atoms with Crippen molar-refractivity contribution < 1.29 is 26.4 Å². The first-order valence-electron chi connectivity index (χ1n) is 20.1. The highest BCUT2D eigenvalue weighted by atomic mass is 32.2. The zero-order valence-corrected chi connectivity index (χ0v) is 35.7. The summed E-state index contributed by atoms with van der Waals surface area (Å²) in [5, 5.41) is 25.2. The summed E-state index contributed by atoms with van der Waals surface area (Å²) in [5.74, 6) is -1.04. The van der Waals surface area contributed by atoms with Gasteiger partial charge in [-0.2, -0.15) is 10.5 Å². The maximum absolute atomic E-state index is 14.8. The molecule has 0 fully saturated rings. The smallest absolute Gasteiger partial charge is 0.255 e. The number of fused-ring (bicyclic) bond motifs is 2. The lowest BCUT2D eigenvalue weighted by molar-refractivity contribution is 0.102. The normalized spacial score (nSPS) is 11.8. The fraction of sp³-hybridized carbons (Fsp3) is 0.0800. The molecule has 1 amide bonds. The third-order valence-electron chi connectivity index (χ3n) is 10.7. The highest BCUT2D eigenvalue weighted by Crippen LogP contribution is 2.51. The lowest BCUT2D eigenvalue weighted by atomic mass is 9.96. The van der Waals surface area contributed by atoms with E-state index in [1.54, 1.807) is 48.5 Å². The largest absolute Gasteiger partial charge is 0.369 e. The van der Waals surface area contributed by atoms with Crippen molar-refractivity contribution in [1.82, 2.24) is 0 Å². The van der Waals surface area contributed by atoms with E-state index in [4.69, 9.17) is 0 Å². The number of sulfone groups is 2. The molecule has 8 rings (SSSR count). The van der Waals surface area contributed by atoms with Gasteiger partial charge in [-0.05, 0) is 115 Å². The fourth-order valence-corrected chi connectivity index (χ4v) is 10.0. The molecule has 0 aliphatic carbocycles. The van der Waals surface area contributed by atoms with E-state index >= 15 is 0 Å². The number of carbonyl (C=O) groups is 2. The van der Waals surface area contributed by atoms with E-state index in [0.29, 0.717) is 35.8 Å². The summed E-state index contributed by atoms with van der Waals surface area (Å²) < 4.78 is 53.4. The summed E-state index contributed by atoms with van der Waals surface area (Å²) in [6.07, 6.45) is 0.483. The minimum Gasteiger partial charge on any atom is -0.369 e. The lowest BCUT2D eigenvalue weighted by Gasteiger charge is -2.36. The van der Waals surface area contributed by atoms with Crippen LogP contribution in [0.2, 0.25) is 0 Å². The van der Waals surface area contributed by atoms with Crippen LogP contribution in [0.4, 0.5) is 39.8 Å². The van der Waals surface area contributed by atoms with Gasteiger partial charge in [0, 0.05) is 41.3 Å². The minimum atomic E-state index is -3.87. The first-order valence-corrected chi connectivity index (χ1v) is 23.1. The van der Waals surface area contributed by atoms with Gasteiger partial charge in [0.15, 0.2) is 5.78 Å². The van der Waals surface area contributed by atoms with Crippen LogP contribution >= 0.6 is 0 Å². The van der Waals surface area contributed by atoms with Crippen LogP contribution in [-0.4, -0.2) is 41.6 Å². The quantitative estimate of drug-likeness (QED) is 0.0993. The summed E-state index contributed by atoms with van der Waals surface area (Å²) >= 11 is 0. The molecule has 7 aromatic carbocycles. The molecule has 0 bridgehead atoms. The van der Waals surface area contributed by atoms with Gasteiger partial charge in [-0.3, -0.25) is 9.59 Å². The minimum absolute atomic E-state index is 0.0116. The Balaban J connectivity index is 1.23. The maximum Gasteiger partial charge on any atom is 0.255 e. The van der Waals surface area contributed by atoms with Gasteiger partial charge < -0.3 is 20.4 Å². The molecule has 0 saturated carbocycles. The second-order valence-electron chi connectivity index (χ2n) is 14.7. The van der Waals surface area contributed by atoms with E-state index in [0.717, 1.165) is 11.4 Å². The predicted octanol–water partition coefficient (Wildman–Crippen LogP) is 10.00. The van der Waals surface area contributed by atoms with Crippen molar-refractivity contribution in [3.8, 4) is 12.1 Å². The third-order valence-corrected chi connectivity index (χ3v) is 14.2. The van der Waals surface area contributed by atoms with Crippen molar-refractivity contribution in [3.63, 3.8) is 0 Å². The van der Waals surface area contributed by atoms with E-state index in [-0.39, 0.29) is 54.8 Å². The molecule has 1 aliphatic rings. The van der Waals surface area contributed by atoms with Crippen LogP contribution in [0.15, 0.2) is 189 Å². The monoisotopic (exact) mass is 882 g/mol. The first-order chi connectivity index (χ1) is 31.0. The SMILES string of the molecule is N#CCCN(CCC#N)c1ccc2c(c1)N(c1ccccc1)c1cc(NC(=O)c3ccc(S(=O)(=O)c4ccccc4)cc3)cc(C(=O)c3ccc(S(=O)(=O)c4ccccc4)cc3)c1N2. The molecule has 12 nitrogen and oxygen atoms in total. The van der Waals surface area contributed by atoms with Gasteiger partial charge in [0.1, 0.15) is 0 Å². The molecular weight excluding hydrogens is 845 g/mol. The van der Waals surface area contributed by atoms with Crippen LogP contribution in [0.1, 0.15) is 39.1 Å². The molecule has 0 spiro atoms. The molecule has 14 heteroatoms. The highest BCUT2D eigenvalue weighted by Gasteiger charge is 2.31. The molecule has 1 aliphatic heterocycles. The second kappa shape index (κ2) is 18.1. The van der Waals surface area contributed by atoms with Crippen molar-refractivity contribution in [1.29, 1.82) is 10.5 Å². The number of benzene rings is 7. The number of hydrogen-bond donors (Lipinski definition) is 2. The van der Waals surface area contributed by atoms with Crippen LogP contribution in [-0.2, 0) is 19.7 Å². The summed E-state index contributed by atoms with van der Waals surface area (Å²) in [6, 6.07) is 50.0. The molecule has 0 unspecified atom stereocenters. The third kappa shape index (κ3) is 8.56. The van der Waals surface area contributed by atoms with E-state index in [1.807, 2.05) is 58.3 Å². The summed E-state index contributed by atoms with van der Waals surface area (Å²) in [6.45, 7) is 0.789. The van der Waals surface area contributed by atoms with Gasteiger partial charge >= 0.3 is 0 Å². The number of nitrogens with one attached hydrogen (secondary N) is 2. The molecule has 0 atom stereocenters. The Morgan fingerprint density at radius 3 is 1.61 bits per heavy atom. The van der Waals surface area contributed by atoms with E-state index in [1.165, 1.54) is 72.8 Å². The van der Waals surface area contributed by atoms with Crippen molar-refractivity contribution in [3.05, 3.63) is 187 Å². The summed E-state index contributed by atoms with van der Waals surface area (Å²) in [4.78, 5) is 32.9. The van der Waals surface area contributed by atoms with Crippen molar-refractivity contribution in [2.24, 2.45) is 0 Å². The number of rotatable bonds is 14. The Labute approximate surface area is 371 Å². The molecule has 316 valence electrons. The maximum atomic E-state index is 14.8. The van der Waals surface area contributed by atoms with Gasteiger partial charge in [0.05, 0.1) is 72.9 Å². The molecular formula is C50H38N6O6S2. The highest BCUT2D eigenvalue weighted by molar-refractivity contribution is 7.91. The van der Waals surface area contributed by atoms with Gasteiger partial charge in [-0.15, -0.1) is 0 Å². The summed E-state index contributed by atoms with van der Waals surface area (Å²) in [7, 11) is -7.71. The molecule has 2 N–H and O–H groups in total. The standard InChI is InChI=1S/C50H38N6O6S2/c51-28-10-30-55(31-11-29-52)39-22-27-45-46(34-39)56(38-12-4-1-5-13-38)47-33-37(53-50(58)36-20-25-43(26-21-36)64(61,62)41-16-8-3-9-17-41)32-44(48(47)54-45)49(57)35-18-23-42(24-19-35)63(59,60)40-14-6-2-7-15-40/h1-9,12-27,32-34,54H,10-11,30-31H2,(H,53,58). The van der Waals surface area contributed by atoms with Gasteiger partial charge in [0.25, 0.3) is 5.91 Å². The Hall–Kier alpha value is -8.04. The zero-order valence-electron chi connectivity index (χ0n) is 34.0. The predicted molar refractivity (Wildman–Crippen MR) is 245 cm³/mol. The van der Waals surface area contributed by atoms with Gasteiger partial charge in [-0.1, -0.05) is 54.6 Å². The average molecular weight is 883 g/mol. The molecule has 0 saturated heterocycles. The number of carbonyl (C=O) groups excluding carboxylic acids is 2.